The fraction of sp³-hybridized carbons (Fsp3) is 0.750. The first-order valence-electron chi connectivity index (χ1n) is 4.19. The van der Waals surface area contributed by atoms with E-state index in [0.29, 0.717) is 5.92 Å². The monoisotopic (exact) mass is 171 g/mol. The van der Waals surface area contributed by atoms with Crippen LogP contribution in [0.3, 0.4) is 0 Å². The van der Waals surface area contributed by atoms with Crippen molar-refractivity contribution in [2.45, 2.75) is 33.6 Å². The quantitative estimate of drug-likeness (QED) is 0.488. The number of carbonyl (C=O) groups excluding carboxylic acids is 1. The van der Waals surface area contributed by atoms with E-state index < -0.39 is 6.03 Å². The van der Waals surface area contributed by atoms with Crippen LogP contribution in [0, 0.1) is 5.92 Å². The highest BCUT2D eigenvalue weighted by Crippen LogP contribution is 2.03. The first-order valence-corrected chi connectivity index (χ1v) is 4.19. The van der Waals surface area contributed by atoms with Gasteiger partial charge < -0.3 is 5.73 Å². The predicted molar refractivity (Wildman–Crippen MR) is 49.9 cm³/mol. The van der Waals surface area contributed by atoms with E-state index in [1.165, 1.54) is 0 Å². The van der Waals surface area contributed by atoms with Gasteiger partial charge in [0.1, 0.15) is 0 Å². The van der Waals surface area contributed by atoms with Gasteiger partial charge in [-0.15, -0.1) is 0 Å². The molecule has 0 saturated carbocycles. The molecule has 0 aliphatic carbocycles. The standard InChI is InChI=1S/C8H17N3O/c1-4-5-7(6(2)3)10-11-8(9)12/h6H,4-5H2,1-3H3,(H3,9,11,12)/b10-7+. The number of carbonyl (C=O) groups is 1. The fourth-order valence-corrected chi connectivity index (χ4v) is 0.857. The summed E-state index contributed by atoms with van der Waals surface area (Å²) in [5.74, 6) is 0.358. The summed E-state index contributed by atoms with van der Waals surface area (Å²) in [6, 6.07) is -0.607. The van der Waals surface area contributed by atoms with Gasteiger partial charge in [0.05, 0.1) is 0 Å². The predicted octanol–water partition coefficient (Wildman–Crippen LogP) is 1.47. The van der Waals surface area contributed by atoms with E-state index in [1.54, 1.807) is 0 Å². The molecule has 0 bridgehead atoms. The number of hydrazone groups is 1. The zero-order valence-electron chi connectivity index (χ0n) is 7.92. The van der Waals surface area contributed by atoms with Crippen molar-refractivity contribution in [3.8, 4) is 0 Å². The minimum atomic E-state index is -0.607. The van der Waals surface area contributed by atoms with Crippen LogP contribution < -0.4 is 11.2 Å². The highest BCUT2D eigenvalue weighted by molar-refractivity contribution is 5.87. The first kappa shape index (κ1) is 10.9. The van der Waals surface area contributed by atoms with Crippen LogP contribution in [0.2, 0.25) is 0 Å². The third-order valence-corrected chi connectivity index (χ3v) is 1.48. The summed E-state index contributed by atoms with van der Waals surface area (Å²) in [4.78, 5) is 10.3. The van der Waals surface area contributed by atoms with Crippen molar-refractivity contribution in [1.29, 1.82) is 0 Å². The van der Waals surface area contributed by atoms with Crippen molar-refractivity contribution in [3.05, 3.63) is 0 Å². The number of nitrogens with zero attached hydrogens (tertiary/aromatic N) is 1. The summed E-state index contributed by atoms with van der Waals surface area (Å²) in [6.07, 6.45) is 1.93. The smallest absolute Gasteiger partial charge is 0.332 e. The zero-order chi connectivity index (χ0) is 9.56. The van der Waals surface area contributed by atoms with Gasteiger partial charge in [-0.05, 0) is 12.3 Å². The summed E-state index contributed by atoms with van der Waals surface area (Å²) in [5, 5.41) is 3.90. The molecule has 0 fully saturated rings. The van der Waals surface area contributed by atoms with Gasteiger partial charge in [0, 0.05) is 5.71 Å². The Kier molecular flexibility index (Phi) is 5.08. The Balaban J connectivity index is 4.08. The lowest BCUT2D eigenvalue weighted by molar-refractivity contribution is 0.249. The summed E-state index contributed by atoms with van der Waals surface area (Å²) in [7, 11) is 0. The molecule has 0 rings (SSSR count). The molecule has 0 aliphatic rings. The summed E-state index contributed by atoms with van der Waals surface area (Å²) < 4.78 is 0. The lowest BCUT2D eigenvalue weighted by atomic mass is 10.0. The van der Waals surface area contributed by atoms with Gasteiger partial charge in [0.15, 0.2) is 0 Å². The Hall–Kier alpha value is -1.06. The molecule has 0 aromatic rings. The minimum absolute atomic E-state index is 0.358. The molecule has 0 heterocycles. The molecule has 0 aromatic heterocycles. The van der Waals surface area contributed by atoms with Crippen molar-refractivity contribution in [1.82, 2.24) is 5.43 Å². The Morgan fingerprint density at radius 2 is 2.17 bits per heavy atom. The number of hydrogen-bond donors (Lipinski definition) is 2. The molecule has 0 spiro atoms. The normalized spacial score (nSPS) is 11.8. The van der Waals surface area contributed by atoms with Crippen LogP contribution in [0.5, 0.6) is 0 Å². The second-order valence-electron chi connectivity index (χ2n) is 2.98. The molecule has 0 radical (unpaired) electrons. The maximum absolute atomic E-state index is 10.3. The van der Waals surface area contributed by atoms with Crippen molar-refractivity contribution in [2.75, 3.05) is 0 Å². The topological polar surface area (TPSA) is 67.5 Å². The number of urea groups is 1. The van der Waals surface area contributed by atoms with Gasteiger partial charge >= 0.3 is 6.03 Å². The summed E-state index contributed by atoms with van der Waals surface area (Å²) >= 11 is 0. The Morgan fingerprint density at radius 1 is 1.58 bits per heavy atom. The molecule has 0 aromatic carbocycles. The minimum Gasteiger partial charge on any atom is -0.350 e. The molecular formula is C8H17N3O. The Labute approximate surface area is 73.2 Å². The third kappa shape index (κ3) is 4.71. The second-order valence-corrected chi connectivity index (χ2v) is 2.98. The number of nitrogens with two attached hydrogens (primary N) is 1. The summed E-state index contributed by atoms with van der Waals surface area (Å²) in [5.41, 5.74) is 8.10. The lowest BCUT2D eigenvalue weighted by Gasteiger charge is -2.07. The Morgan fingerprint density at radius 3 is 2.50 bits per heavy atom. The van der Waals surface area contributed by atoms with Gasteiger partial charge in [-0.1, -0.05) is 27.2 Å². The number of primary amides is 1. The lowest BCUT2D eigenvalue weighted by Crippen LogP contribution is -2.26. The molecule has 12 heavy (non-hydrogen) atoms. The maximum atomic E-state index is 10.3. The van der Waals surface area contributed by atoms with E-state index in [1.807, 2.05) is 13.8 Å². The molecule has 0 unspecified atom stereocenters. The molecular weight excluding hydrogens is 154 g/mol. The SMILES string of the molecule is CCC/C(=N\NC(N)=O)C(C)C. The molecule has 4 nitrogen and oxygen atoms in total. The van der Waals surface area contributed by atoms with Crippen LogP contribution in [0.15, 0.2) is 5.10 Å². The van der Waals surface area contributed by atoms with Crippen molar-refractivity contribution in [3.63, 3.8) is 0 Å². The zero-order valence-corrected chi connectivity index (χ0v) is 7.92. The molecule has 0 atom stereocenters. The van der Waals surface area contributed by atoms with E-state index in [2.05, 4.69) is 17.5 Å². The van der Waals surface area contributed by atoms with E-state index >= 15 is 0 Å². The van der Waals surface area contributed by atoms with E-state index in [-0.39, 0.29) is 0 Å². The molecule has 0 saturated heterocycles. The number of nitrogens with one attached hydrogen (secondary N) is 1. The largest absolute Gasteiger partial charge is 0.350 e. The average Bonchev–Trinajstić information content (AvgIpc) is 1.96. The van der Waals surface area contributed by atoms with Crippen LogP contribution in [-0.2, 0) is 0 Å². The van der Waals surface area contributed by atoms with Gasteiger partial charge in [0.25, 0.3) is 0 Å². The van der Waals surface area contributed by atoms with Crippen molar-refractivity contribution in [2.24, 2.45) is 16.8 Å². The number of rotatable bonds is 4. The number of hydrogen-bond acceptors (Lipinski definition) is 2. The van der Waals surface area contributed by atoms with Crippen molar-refractivity contribution < 1.29 is 4.79 Å². The first-order chi connectivity index (χ1) is 5.57. The summed E-state index contributed by atoms with van der Waals surface area (Å²) in [6.45, 7) is 6.15. The van der Waals surface area contributed by atoms with Gasteiger partial charge in [-0.25, -0.2) is 10.2 Å². The second kappa shape index (κ2) is 5.57. The number of amides is 2. The van der Waals surface area contributed by atoms with Crippen LogP contribution in [0.25, 0.3) is 0 Å². The van der Waals surface area contributed by atoms with E-state index in [9.17, 15) is 4.79 Å². The molecule has 4 heteroatoms. The van der Waals surface area contributed by atoms with Gasteiger partial charge in [-0.3, -0.25) is 0 Å². The van der Waals surface area contributed by atoms with Gasteiger partial charge in [-0.2, -0.15) is 5.10 Å². The average molecular weight is 171 g/mol. The van der Waals surface area contributed by atoms with Crippen molar-refractivity contribution >= 4 is 11.7 Å². The highest BCUT2D eigenvalue weighted by Gasteiger charge is 2.03. The molecule has 2 amide bonds. The highest BCUT2D eigenvalue weighted by atomic mass is 16.2. The molecule has 3 N–H and O–H groups in total. The Bertz CT molecular complexity index is 175. The fourth-order valence-electron chi connectivity index (χ4n) is 0.857. The van der Waals surface area contributed by atoms with Crippen LogP contribution >= 0.6 is 0 Å². The van der Waals surface area contributed by atoms with E-state index in [4.69, 9.17) is 5.73 Å². The van der Waals surface area contributed by atoms with Crippen LogP contribution in [-0.4, -0.2) is 11.7 Å². The molecule has 0 aliphatic heterocycles. The van der Waals surface area contributed by atoms with Crippen LogP contribution in [0.4, 0.5) is 4.79 Å². The third-order valence-electron chi connectivity index (χ3n) is 1.48. The molecule has 70 valence electrons. The maximum Gasteiger partial charge on any atom is 0.332 e. The van der Waals surface area contributed by atoms with Crippen LogP contribution in [0.1, 0.15) is 33.6 Å². The van der Waals surface area contributed by atoms with E-state index in [0.717, 1.165) is 18.6 Å². The van der Waals surface area contributed by atoms with Gasteiger partial charge in [0.2, 0.25) is 0 Å².